The van der Waals surface area contributed by atoms with Crippen molar-refractivity contribution in [2.75, 3.05) is 26.3 Å². The van der Waals surface area contributed by atoms with Crippen LogP contribution in [0.3, 0.4) is 0 Å². The van der Waals surface area contributed by atoms with Crippen LogP contribution in [0.15, 0.2) is 24.3 Å². The fourth-order valence-corrected chi connectivity index (χ4v) is 2.54. The van der Waals surface area contributed by atoms with E-state index < -0.39 is 11.0 Å². The molecular weight excluding hydrogens is 299 g/mol. The van der Waals surface area contributed by atoms with Crippen molar-refractivity contribution in [3.8, 4) is 0 Å². The van der Waals surface area contributed by atoms with Gasteiger partial charge in [0.1, 0.15) is 11.0 Å². The number of nitrogens with zero attached hydrogens (tertiary/aromatic N) is 1. The fraction of sp³-hybridized carbons (Fsp3) is 0.500. The third-order valence-corrected chi connectivity index (χ3v) is 3.75. The van der Waals surface area contributed by atoms with Gasteiger partial charge in [-0.15, -0.1) is 23.2 Å². The van der Waals surface area contributed by atoms with Crippen molar-refractivity contribution in [1.82, 2.24) is 10.2 Å². The zero-order chi connectivity index (χ0) is 14.5. The van der Waals surface area contributed by atoms with Crippen LogP contribution >= 0.6 is 23.2 Å². The number of carbonyl (C=O) groups excluding carboxylic acids is 1. The lowest BCUT2D eigenvalue weighted by molar-refractivity contribution is 0.0121. The van der Waals surface area contributed by atoms with Crippen LogP contribution in [-0.2, 0) is 4.74 Å². The summed E-state index contributed by atoms with van der Waals surface area (Å²) in [7, 11) is 0. The maximum absolute atomic E-state index is 12.2. The zero-order valence-electron chi connectivity index (χ0n) is 11.3. The summed E-state index contributed by atoms with van der Waals surface area (Å²) in [6, 6.07) is 7.38. The minimum Gasteiger partial charge on any atom is -0.379 e. The number of hydrogen-bond donors (Lipinski definition) is 1. The molecule has 4 nitrogen and oxygen atoms in total. The number of rotatable bonds is 4. The molecule has 0 spiro atoms. The summed E-state index contributed by atoms with van der Waals surface area (Å²) >= 11 is 12.0. The number of morpholine rings is 1. The molecule has 1 amide bonds. The van der Waals surface area contributed by atoms with Gasteiger partial charge in [0.05, 0.1) is 13.2 Å². The molecule has 110 valence electrons. The second kappa shape index (κ2) is 7.27. The van der Waals surface area contributed by atoms with E-state index in [2.05, 4.69) is 5.32 Å². The molecular formula is C14H18Cl2N2O2. The molecule has 1 aliphatic heterocycles. The molecule has 1 aromatic carbocycles. The number of benzene rings is 1. The van der Waals surface area contributed by atoms with Crippen LogP contribution in [0, 0.1) is 6.92 Å². The van der Waals surface area contributed by atoms with Crippen LogP contribution in [0.1, 0.15) is 15.9 Å². The Morgan fingerprint density at radius 1 is 1.25 bits per heavy atom. The Balaban J connectivity index is 2.03. The molecule has 0 unspecified atom stereocenters. The van der Waals surface area contributed by atoms with Crippen molar-refractivity contribution in [2.45, 2.75) is 17.9 Å². The zero-order valence-corrected chi connectivity index (χ0v) is 12.8. The van der Waals surface area contributed by atoms with Crippen molar-refractivity contribution in [3.05, 3.63) is 35.4 Å². The number of aryl methyl sites for hydroxylation is 1. The van der Waals surface area contributed by atoms with E-state index in [0.29, 0.717) is 31.9 Å². The second-order valence-electron chi connectivity index (χ2n) is 4.77. The van der Waals surface area contributed by atoms with E-state index in [1.807, 2.05) is 24.0 Å². The lowest BCUT2D eigenvalue weighted by Crippen LogP contribution is -2.55. The SMILES string of the molecule is Cc1ccc(C(=O)N[C@@H](C(Cl)Cl)N2CCOCC2)cc1. The van der Waals surface area contributed by atoms with Crippen molar-refractivity contribution < 1.29 is 9.53 Å². The van der Waals surface area contributed by atoms with E-state index in [1.54, 1.807) is 12.1 Å². The highest BCUT2D eigenvalue weighted by Gasteiger charge is 2.28. The first-order valence-electron chi connectivity index (χ1n) is 6.55. The maximum Gasteiger partial charge on any atom is 0.252 e. The Morgan fingerprint density at radius 2 is 1.85 bits per heavy atom. The predicted molar refractivity (Wildman–Crippen MR) is 80.3 cm³/mol. The fourth-order valence-electron chi connectivity index (χ4n) is 2.09. The summed E-state index contributed by atoms with van der Waals surface area (Å²) < 4.78 is 5.29. The van der Waals surface area contributed by atoms with Crippen molar-refractivity contribution in [3.63, 3.8) is 0 Å². The van der Waals surface area contributed by atoms with E-state index in [0.717, 1.165) is 5.56 Å². The largest absolute Gasteiger partial charge is 0.379 e. The molecule has 1 atom stereocenters. The van der Waals surface area contributed by atoms with E-state index in [9.17, 15) is 4.79 Å². The lowest BCUT2D eigenvalue weighted by atomic mass is 10.1. The molecule has 1 fully saturated rings. The van der Waals surface area contributed by atoms with Crippen molar-refractivity contribution in [2.24, 2.45) is 0 Å². The molecule has 1 saturated heterocycles. The number of carbonyl (C=O) groups is 1. The molecule has 0 bridgehead atoms. The molecule has 1 aromatic rings. The third-order valence-electron chi connectivity index (χ3n) is 3.27. The molecule has 1 N–H and O–H groups in total. The Bertz CT molecular complexity index is 445. The number of nitrogens with one attached hydrogen (secondary N) is 1. The Hall–Kier alpha value is -0.810. The Kier molecular flexibility index (Phi) is 5.66. The molecule has 20 heavy (non-hydrogen) atoms. The minimum absolute atomic E-state index is 0.173. The quantitative estimate of drug-likeness (QED) is 0.866. The Labute approximate surface area is 129 Å². The van der Waals surface area contributed by atoms with Gasteiger partial charge in [0, 0.05) is 18.7 Å². The number of hydrogen-bond acceptors (Lipinski definition) is 3. The van der Waals surface area contributed by atoms with E-state index in [1.165, 1.54) is 0 Å². The molecule has 0 saturated carbocycles. The summed E-state index contributed by atoms with van der Waals surface area (Å²) in [5, 5.41) is 2.89. The maximum atomic E-state index is 12.2. The van der Waals surface area contributed by atoms with Gasteiger partial charge in [-0.1, -0.05) is 17.7 Å². The summed E-state index contributed by atoms with van der Waals surface area (Å²) in [4.78, 5) is 13.6. The van der Waals surface area contributed by atoms with Gasteiger partial charge >= 0.3 is 0 Å². The topological polar surface area (TPSA) is 41.6 Å². The average molecular weight is 317 g/mol. The molecule has 0 radical (unpaired) electrons. The van der Waals surface area contributed by atoms with Crippen LogP contribution < -0.4 is 5.32 Å². The number of amides is 1. The van der Waals surface area contributed by atoms with Gasteiger partial charge in [0.15, 0.2) is 0 Å². The van der Waals surface area contributed by atoms with Crippen LogP contribution in [0.5, 0.6) is 0 Å². The van der Waals surface area contributed by atoms with Crippen molar-refractivity contribution >= 4 is 29.1 Å². The molecule has 2 rings (SSSR count). The molecule has 1 aliphatic rings. The van der Waals surface area contributed by atoms with Gasteiger partial charge in [0.25, 0.3) is 5.91 Å². The van der Waals surface area contributed by atoms with Crippen LogP contribution in [-0.4, -0.2) is 48.1 Å². The predicted octanol–water partition coefficient (Wildman–Crippen LogP) is 2.19. The molecule has 0 aliphatic carbocycles. The molecule has 6 heteroatoms. The second-order valence-corrected chi connectivity index (χ2v) is 5.93. The first-order chi connectivity index (χ1) is 9.58. The standard InChI is InChI=1S/C14H18Cl2N2O2/c1-10-2-4-11(5-3-10)14(19)17-13(12(15)16)18-6-8-20-9-7-18/h2-5,12-13H,6-9H2,1H3,(H,17,19)/t13-/m1/s1. The van der Waals surface area contributed by atoms with Gasteiger partial charge in [-0.05, 0) is 19.1 Å². The van der Waals surface area contributed by atoms with E-state index >= 15 is 0 Å². The summed E-state index contributed by atoms with van der Waals surface area (Å²) in [5.41, 5.74) is 1.71. The van der Waals surface area contributed by atoms with Crippen LogP contribution in [0.2, 0.25) is 0 Å². The van der Waals surface area contributed by atoms with Gasteiger partial charge < -0.3 is 10.1 Å². The molecule has 1 heterocycles. The van der Waals surface area contributed by atoms with E-state index in [4.69, 9.17) is 27.9 Å². The van der Waals surface area contributed by atoms with Crippen molar-refractivity contribution in [1.29, 1.82) is 0 Å². The first kappa shape index (κ1) is 15.6. The van der Waals surface area contributed by atoms with E-state index in [-0.39, 0.29) is 5.91 Å². The first-order valence-corrected chi connectivity index (χ1v) is 7.42. The minimum atomic E-state index is -0.692. The third kappa shape index (κ3) is 4.09. The van der Waals surface area contributed by atoms with Gasteiger partial charge in [-0.2, -0.15) is 0 Å². The highest BCUT2D eigenvalue weighted by molar-refractivity contribution is 6.44. The normalized spacial score (nSPS) is 18.0. The smallest absolute Gasteiger partial charge is 0.252 e. The summed E-state index contributed by atoms with van der Waals surface area (Å²) in [6.45, 7) is 4.63. The Morgan fingerprint density at radius 3 is 2.40 bits per heavy atom. The highest BCUT2D eigenvalue weighted by Crippen LogP contribution is 2.15. The number of ether oxygens (including phenoxy) is 1. The number of halogens is 2. The molecule has 0 aromatic heterocycles. The van der Waals surface area contributed by atoms with Crippen LogP contribution in [0.25, 0.3) is 0 Å². The highest BCUT2D eigenvalue weighted by atomic mass is 35.5. The summed E-state index contributed by atoms with van der Waals surface area (Å²) in [5.74, 6) is -0.173. The van der Waals surface area contributed by atoms with Crippen LogP contribution in [0.4, 0.5) is 0 Å². The number of alkyl halides is 2. The monoisotopic (exact) mass is 316 g/mol. The van der Waals surface area contributed by atoms with Gasteiger partial charge in [-0.25, -0.2) is 0 Å². The summed E-state index contributed by atoms with van der Waals surface area (Å²) in [6.07, 6.45) is -0.406. The van der Waals surface area contributed by atoms with Gasteiger partial charge in [0.2, 0.25) is 0 Å². The lowest BCUT2D eigenvalue weighted by Gasteiger charge is -2.35. The van der Waals surface area contributed by atoms with Gasteiger partial charge in [-0.3, -0.25) is 9.69 Å². The average Bonchev–Trinajstić information content (AvgIpc) is 2.46.